The molecule has 120 valence electrons. The molecule has 1 N–H and O–H groups in total. The largest absolute Gasteiger partial charge is 0.490 e. The van der Waals surface area contributed by atoms with Gasteiger partial charge in [-0.1, -0.05) is 32.8 Å². The van der Waals surface area contributed by atoms with Crippen LogP contribution in [0.5, 0.6) is 11.5 Å². The highest BCUT2D eigenvalue weighted by atomic mass is 17.1. The average Bonchev–Trinajstić information content (AvgIpc) is 2.49. The Hall–Kier alpha value is -1.26. The molecule has 1 aromatic rings. The van der Waals surface area contributed by atoms with E-state index in [4.69, 9.17) is 14.7 Å². The molecule has 4 nitrogen and oxygen atoms in total. The van der Waals surface area contributed by atoms with Crippen molar-refractivity contribution >= 4 is 0 Å². The minimum atomic E-state index is -0.773. The maximum absolute atomic E-state index is 9.02. The summed E-state index contributed by atoms with van der Waals surface area (Å²) in [5, 5.41) is 9.02. The lowest BCUT2D eigenvalue weighted by molar-refractivity contribution is -0.318. The molecule has 0 aliphatic carbocycles. The molecule has 0 atom stereocenters. The van der Waals surface area contributed by atoms with Crippen molar-refractivity contribution in [3.8, 4) is 11.5 Å². The monoisotopic (exact) mass is 296 g/mol. The number of hydrogen-bond acceptors (Lipinski definition) is 4. The van der Waals surface area contributed by atoms with Crippen molar-refractivity contribution in [3.63, 3.8) is 0 Å². The van der Waals surface area contributed by atoms with Crippen molar-refractivity contribution in [2.45, 2.75) is 59.0 Å². The van der Waals surface area contributed by atoms with E-state index in [1.54, 1.807) is 13.8 Å². The summed E-state index contributed by atoms with van der Waals surface area (Å²) in [7, 11) is 0. The van der Waals surface area contributed by atoms with Gasteiger partial charge >= 0.3 is 0 Å². The highest BCUT2D eigenvalue weighted by molar-refractivity contribution is 5.44. The first-order chi connectivity index (χ1) is 10.0. The van der Waals surface area contributed by atoms with Crippen LogP contribution in [-0.4, -0.2) is 18.5 Å². The van der Waals surface area contributed by atoms with Crippen molar-refractivity contribution < 1.29 is 19.6 Å². The first-order valence-electron chi connectivity index (χ1n) is 7.77. The summed E-state index contributed by atoms with van der Waals surface area (Å²) in [5.41, 5.74) is 0.0736. The predicted molar refractivity (Wildman–Crippen MR) is 84.0 cm³/mol. The van der Waals surface area contributed by atoms with Crippen LogP contribution >= 0.6 is 0 Å². The van der Waals surface area contributed by atoms with E-state index < -0.39 is 5.60 Å². The van der Waals surface area contributed by atoms with Gasteiger partial charge < -0.3 is 9.47 Å². The van der Waals surface area contributed by atoms with E-state index in [1.165, 1.54) is 0 Å². The van der Waals surface area contributed by atoms with Crippen LogP contribution in [0.15, 0.2) is 18.2 Å². The van der Waals surface area contributed by atoms with Crippen LogP contribution in [0.4, 0.5) is 0 Å². The van der Waals surface area contributed by atoms with Crippen LogP contribution in [0.2, 0.25) is 0 Å². The fourth-order valence-electron chi connectivity index (χ4n) is 1.82. The van der Waals surface area contributed by atoms with Gasteiger partial charge in [-0.05, 0) is 44.4 Å². The maximum atomic E-state index is 9.02. The third-order valence-corrected chi connectivity index (χ3v) is 3.38. The Morgan fingerprint density at radius 2 is 1.52 bits per heavy atom. The Labute approximate surface area is 128 Å². The predicted octanol–water partition coefficient (Wildman–Crippen LogP) is 4.77. The standard InChI is InChI=1S/C17H28O4/c1-5-7-11-19-15-10-9-14(17(3,4)21-18)13-16(15)20-12-8-6-2/h9-10,13,18H,5-8,11-12H2,1-4H3. The molecule has 0 unspecified atom stereocenters. The molecule has 0 saturated heterocycles. The number of benzene rings is 1. The zero-order chi connectivity index (χ0) is 15.7. The summed E-state index contributed by atoms with van der Waals surface area (Å²) in [6, 6.07) is 5.66. The van der Waals surface area contributed by atoms with Gasteiger partial charge in [0.25, 0.3) is 0 Å². The van der Waals surface area contributed by atoms with Gasteiger partial charge in [0.15, 0.2) is 11.5 Å². The molecule has 0 aliphatic rings. The smallest absolute Gasteiger partial charge is 0.161 e. The second kappa shape index (κ2) is 8.90. The van der Waals surface area contributed by atoms with E-state index in [-0.39, 0.29) is 0 Å². The summed E-state index contributed by atoms with van der Waals surface area (Å²) in [4.78, 5) is 4.55. The molecule has 0 aliphatic heterocycles. The van der Waals surface area contributed by atoms with Crippen LogP contribution in [0.1, 0.15) is 58.9 Å². The van der Waals surface area contributed by atoms with Crippen molar-refractivity contribution in [1.82, 2.24) is 0 Å². The van der Waals surface area contributed by atoms with Gasteiger partial charge in [-0.2, -0.15) is 0 Å². The summed E-state index contributed by atoms with van der Waals surface area (Å²) in [5.74, 6) is 1.46. The number of rotatable bonds is 10. The molecule has 0 radical (unpaired) electrons. The lowest BCUT2D eigenvalue weighted by atomic mass is 9.98. The number of ether oxygens (including phenoxy) is 2. The topological polar surface area (TPSA) is 47.9 Å². The Morgan fingerprint density at radius 3 is 2.05 bits per heavy atom. The first kappa shape index (κ1) is 17.8. The average molecular weight is 296 g/mol. The second-order valence-electron chi connectivity index (χ2n) is 5.67. The van der Waals surface area contributed by atoms with Crippen molar-refractivity contribution in [1.29, 1.82) is 0 Å². The second-order valence-corrected chi connectivity index (χ2v) is 5.67. The van der Waals surface area contributed by atoms with Gasteiger partial charge in [0.05, 0.1) is 13.2 Å². The van der Waals surface area contributed by atoms with Crippen molar-refractivity contribution in [3.05, 3.63) is 23.8 Å². The molecule has 0 amide bonds. The van der Waals surface area contributed by atoms with E-state index in [0.717, 1.165) is 37.0 Å². The van der Waals surface area contributed by atoms with Gasteiger partial charge in [0.1, 0.15) is 5.60 Å². The van der Waals surface area contributed by atoms with Crippen LogP contribution in [-0.2, 0) is 10.5 Å². The minimum absolute atomic E-state index is 0.657. The third-order valence-electron chi connectivity index (χ3n) is 3.38. The Balaban J connectivity index is 2.90. The number of hydrogen-bond donors (Lipinski definition) is 1. The summed E-state index contributed by atoms with van der Waals surface area (Å²) >= 11 is 0. The minimum Gasteiger partial charge on any atom is -0.490 e. The number of unbranched alkanes of at least 4 members (excludes halogenated alkanes) is 2. The zero-order valence-corrected chi connectivity index (χ0v) is 13.6. The third kappa shape index (κ3) is 5.56. The molecule has 0 heterocycles. The first-order valence-corrected chi connectivity index (χ1v) is 7.77. The summed E-state index contributed by atoms with van der Waals surface area (Å²) in [6.45, 7) is 9.20. The van der Waals surface area contributed by atoms with Crippen LogP contribution in [0, 0.1) is 0 Å². The Kier molecular flexibility index (Phi) is 7.54. The van der Waals surface area contributed by atoms with E-state index in [2.05, 4.69) is 18.7 Å². The molecule has 4 heteroatoms. The molecular weight excluding hydrogens is 268 g/mol. The van der Waals surface area contributed by atoms with Crippen molar-refractivity contribution in [2.24, 2.45) is 0 Å². The maximum Gasteiger partial charge on any atom is 0.161 e. The molecule has 1 aromatic carbocycles. The fourth-order valence-corrected chi connectivity index (χ4v) is 1.82. The van der Waals surface area contributed by atoms with E-state index in [9.17, 15) is 0 Å². The Morgan fingerprint density at radius 1 is 0.952 bits per heavy atom. The van der Waals surface area contributed by atoms with Crippen LogP contribution < -0.4 is 9.47 Å². The zero-order valence-electron chi connectivity index (χ0n) is 13.6. The molecule has 21 heavy (non-hydrogen) atoms. The summed E-state index contributed by atoms with van der Waals surface area (Å²) < 4.78 is 11.6. The van der Waals surface area contributed by atoms with Gasteiger partial charge in [-0.15, -0.1) is 0 Å². The van der Waals surface area contributed by atoms with Gasteiger partial charge in [0, 0.05) is 0 Å². The molecule has 0 aromatic heterocycles. The Bertz CT molecular complexity index is 415. The molecule has 1 rings (SSSR count). The van der Waals surface area contributed by atoms with Crippen LogP contribution in [0.25, 0.3) is 0 Å². The molecule has 0 spiro atoms. The highest BCUT2D eigenvalue weighted by Gasteiger charge is 2.23. The van der Waals surface area contributed by atoms with E-state index >= 15 is 0 Å². The lowest BCUT2D eigenvalue weighted by Gasteiger charge is -2.22. The van der Waals surface area contributed by atoms with Gasteiger partial charge in [-0.3, -0.25) is 5.26 Å². The lowest BCUT2D eigenvalue weighted by Crippen LogP contribution is -2.19. The van der Waals surface area contributed by atoms with E-state index in [1.807, 2.05) is 18.2 Å². The SMILES string of the molecule is CCCCOc1ccc(C(C)(C)OO)cc1OCCCC. The van der Waals surface area contributed by atoms with Crippen molar-refractivity contribution in [2.75, 3.05) is 13.2 Å². The van der Waals surface area contributed by atoms with Gasteiger partial charge in [0.2, 0.25) is 0 Å². The molecular formula is C17H28O4. The van der Waals surface area contributed by atoms with E-state index in [0.29, 0.717) is 19.0 Å². The fraction of sp³-hybridized carbons (Fsp3) is 0.647. The van der Waals surface area contributed by atoms with Gasteiger partial charge in [-0.25, -0.2) is 4.89 Å². The molecule has 0 fully saturated rings. The van der Waals surface area contributed by atoms with Crippen LogP contribution in [0.3, 0.4) is 0 Å². The summed E-state index contributed by atoms with van der Waals surface area (Å²) in [6.07, 6.45) is 4.19. The molecule has 0 saturated carbocycles. The highest BCUT2D eigenvalue weighted by Crippen LogP contribution is 2.34. The quantitative estimate of drug-likeness (QED) is 0.384. The normalized spacial score (nSPS) is 11.5. The molecule has 0 bridgehead atoms.